The molecule has 19 heavy (non-hydrogen) atoms. The van der Waals surface area contributed by atoms with Gasteiger partial charge in [0.25, 0.3) is 0 Å². The van der Waals surface area contributed by atoms with Gasteiger partial charge in [-0.3, -0.25) is 0 Å². The highest BCUT2D eigenvalue weighted by Gasteiger charge is 2.14. The van der Waals surface area contributed by atoms with E-state index in [1.807, 2.05) is 37.3 Å². The maximum atomic E-state index is 10.3. The Labute approximate surface area is 126 Å². The first-order valence-electron chi connectivity index (χ1n) is 6.28. The Morgan fingerprint density at radius 1 is 1.32 bits per heavy atom. The van der Waals surface area contributed by atoms with E-state index >= 15 is 0 Å². The molecule has 1 N–H and O–H groups in total. The Morgan fingerprint density at radius 2 is 2.00 bits per heavy atom. The molecule has 0 aliphatic rings. The maximum Gasteiger partial charge on any atom is 0.119 e. The van der Waals surface area contributed by atoms with Gasteiger partial charge in [-0.05, 0) is 58.6 Å². The minimum atomic E-state index is -0.574. The summed E-state index contributed by atoms with van der Waals surface area (Å²) in [6.07, 6.45) is 0.419. The van der Waals surface area contributed by atoms with Crippen LogP contribution >= 0.6 is 27.3 Å². The van der Waals surface area contributed by atoms with Crippen molar-refractivity contribution in [1.82, 2.24) is 0 Å². The fourth-order valence-corrected chi connectivity index (χ4v) is 3.33. The molecule has 0 radical (unpaired) electrons. The fourth-order valence-electron chi connectivity index (χ4n) is 1.75. The van der Waals surface area contributed by atoms with Crippen LogP contribution in [0.1, 0.15) is 35.5 Å². The number of aliphatic hydroxyl groups excluding tert-OH is 1. The lowest BCUT2D eigenvalue weighted by atomic mass is 10.1. The second kappa shape index (κ2) is 6.55. The van der Waals surface area contributed by atoms with E-state index in [1.165, 1.54) is 0 Å². The van der Waals surface area contributed by atoms with E-state index in [-0.39, 0.29) is 0 Å². The summed E-state index contributed by atoms with van der Waals surface area (Å²) in [5, 5.41) is 10.3. The molecule has 0 saturated heterocycles. The molecule has 0 spiro atoms. The van der Waals surface area contributed by atoms with Gasteiger partial charge in [0.1, 0.15) is 11.9 Å². The largest absolute Gasteiger partial charge is 0.494 e. The van der Waals surface area contributed by atoms with Crippen LogP contribution in [0.4, 0.5) is 0 Å². The van der Waals surface area contributed by atoms with Crippen LogP contribution in [-0.2, 0) is 0 Å². The van der Waals surface area contributed by atoms with Gasteiger partial charge in [-0.2, -0.15) is 0 Å². The molecule has 1 aromatic heterocycles. The number of thiophene rings is 1. The van der Waals surface area contributed by atoms with Crippen molar-refractivity contribution in [3.63, 3.8) is 0 Å². The minimum Gasteiger partial charge on any atom is -0.494 e. The van der Waals surface area contributed by atoms with Gasteiger partial charge in [-0.1, -0.05) is 19.1 Å². The third kappa shape index (κ3) is 3.59. The van der Waals surface area contributed by atoms with Crippen LogP contribution in [0.3, 0.4) is 0 Å². The minimum absolute atomic E-state index is 0.574. The maximum absolute atomic E-state index is 10.3. The summed E-state index contributed by atoms with van der Waals surface area (Å²) >= 11 is 5.06. The van der Waals surface area contributed by atoms with Gasteiger partial charge in [0.05, 0.1) is 10.4 Å². The van der Waals surface area contributed by atoms with Crippen molar-refractivity contribution in [3.05, 3.63) is 50.1 Å². The van der Waals surface area contributed by atoms with E-state index < -0.39 is 6.10 Å². The number of aliphatic hydroxyl groups is 1. The summed E-state index contributed by atoms with van der Waals surface area (Å²) < 4.78 is 6.61. The van der Waals surface area contributed by atoms with Crippen molar-refractivity contribution >= 4 is 27.3 Å². The molecule has 0 aliphatic heterocycles. The summed E-state index contributed by atoms with van der Waals surface area (Å²) in [4.78, 5) is 0.951. The Morgan fingerprint density at radius 3 is 2.53 bits per heavy atom. The molecule has 1 unspecified atom stereocenters. The monoisotopic (exact) mass is 340 g/mol. The third-order valence-corrected chi connectivity index (χ3v) is 5.00. The highest BCUT2D eigenvalue weighted by molar-refractivity contribution is 9.11. The van der Waals surface area contributed by atoms with E-state index in [0.717, 1.165) is 38.6 Å². The predicted octanol–water partition coefficient (Wildman–Crippen LogP) is 4.69. The average molecular weight is 341 g/mol. The van der Waals surface area contributed by atoms with Gasteiger partial charge in [-0.15, -0.1) is 11.3 Å². The zero-order valence-electron chi connectivity index (χ0n) is 11.0. The Bertz CT molecular complexity index is 514. The number of hydrogen-bond donors (Lipinski definition) is 1. The lowest BCUT2D eigenvalue weighted by molar-refractivity contribution is 0.224. The van der Waals surface area contributed by atoms with Gasteiger partial charge < -0.3 is 9.84 Å². The first-order chi connectivity index (χ1) is 9.11. The highest BCUT2D eigenvalue weighted by atomic mass is 79.9. The second-order valence-corrected chi connectivity index (χ2v) is 6.83. The zero-order chi connectivity index (χ0) is 13.8. The van der Waals surface area contributed by atoms with E-state index in [2.05, 4.69) is 22.9 Å². The van der Waals surface area contributed by atoms with Crippen LogP contribution in [0.15, 0.2) is 34.1 Å². The quantitative estimate of drug-likeness (QED) is 0.855. The molecule has 1 heterocycles. The molecule has 0 aliphatic carbocycles. The number of aryl methyl sites for hydroxylation is 1. The normalized spacial score (nSPS) is 12.4. The van der Waals surface area contributed by atoms with Crippen LogP contribution < -0.4 is 4.74 Å². The number of benzene rings is 1. The molecule has 0 amide bonds. The molecule has 0 saturated carbocycles. The summed E-state index contributed by atoms with van der Waals surface area (Å²) in [7, 11) is 0. The molecule has 0 fully saturated rings. The first-order valence-corrected chi connectivity index (χ1v) is 7.89. The van der Waals surface area contributed by atoms with Crippen molar-refractivity contribution in [1.29, 1.82) is 0 Å². The first kappa shape index (κ1) is 14.6. The fraction of sp³-hybridized carbons (Fsp3) is 0.333. The van der Waals surface area contributed by atoms with Gasteiger partial charge in [-0.25, -0.2) is 0 Å². The Balaban J connectivity index is 2.13. The van der Waals surface area contributed by atoms with Crippen LogP contribution in [0.2, 0.25) is 0 Å². The van der Waals surface area contributed by atoms with E-state index in [0.29, 0.717) is 0 Å². The standard InChI is InChI=1S/C15H17BrO2S/c1-3-8-18-12-6-4-11(5-7-12)14(17)13-9-10(2)15(16)19-13/h4-7,9,14,17H,3,8H2,1-2H3. The summed E-state index contributed by atoms with van der Waals surface area (Å²) in [5.41, 5.74) is 2.04. The lowest BCUT2D eigenvalue weighted by Gasteiger charge is -2.10. The van der Waals surface area contributed by atoms with Gasteiger partial charge >= 0.3 is 0 Å². The van der Waals surface area contributed by atoms with E-state index in [4.69, 9.17) is 4.74 Å². The zero-order valence-corrected chi connectivity index (χ0v) is 13.4. The number of hydrogen-bond acceptors (Lipinski definition) is 3. The van der Waals surface area contributed by atoms with Gasteiger partial charge in [0, 0.05) is 4.88 Å². The van der Waals surface area contributed by atoms with Crippen molar-refractivity contribution in [3.8, 4) is 5.75 Å². The third-order valence-electron chi connectivity index (χ3n) is 2.81. The summed E-state index contributed by atoms with van der Waals surface area (Å²) in [5.74, 6) is 0.848. The highest BCUT2D eigenvalue weighted by Crippen LogP contribution is 2.34. The average Bonchev–Trinajstić information content (AvgIpc) is 2.76. The SMILES string of the molecule is CCCOc1ccc(C(O)c2cc(C)c(Br)s2)cc1. The predicted molar refractivity (Wildman–Crippen MR) is 83.0 cm³/mol. The lowest BCUT2D eigenvalue weighted by Crippen LogP contribution is -1.98. The smallest absolute Gasteiger partial charge is 0.119 e. The Hall–Kier alpha value is -0.840. The van der Waals surface area contributed by atoms with Crippen molar-refractivity contribution in [2.24, 2.45) is 0 Å². The Kier molecular flexibility index (Phi) is 5.02. The molecule has 2 aromatic rings. The molecular formula is C15H17BrO2S. The number of ether oxygens (including phenoxy) is 1. The van der Waals surface area contributed by atoms with Gasteiger partial charge in [0.15, 0.2) is 0 Å². The molecule has 1 aromatic carbocycles. The molecule has 102 valence electrons. The molecule has 2 rings (SSSR count). The topological polar surface area (TPSA) is 29.5 Å². The van der Waals surface area contributed by atoms with Crippen molar-refractivity contribution < 1.29 is 9.84 Å². The van der Waals surface area contributed by atoms with Crippen molar-refractivity contribution in [2.45, 2.75) is 26.4 Å². The second-order valence-electron chi connectivity index (χ2n) is 4.43. The van der Waals surface area contributed by atoms with Crippen LogP contribution in [0.25, 0.3) is 0 Å². The van der Waals surface area contributed by atoms with Gasteiger partial charge in [0.2, 0.25) is 0 Å². The molecule has 2 nitrogen and oxygen atoms in total. The summed E-state index contributed by atoms with van der Waals surface area (Å²) in [6, 6.07) is 9.66. The van der Waals surface area contributed by atoms with Crippen LogP contribution in [0, 0.1) is 6.92 Å². The molecular weight excluding hydrogens is 324 g/mol. The van der Waals surface area contributed by atoms with E-state index in [9.17, 15) is 5.11 Å². The van der Waals surface area contributed by atoms with Crippen LogP contribution in [-0.4, -0.2) is 11.7 Å². The molecule has 4 heteroatoms. The molecule has 1 atom stereocenters. The molecule has 0 bridgehead atoms. The van der Waals surface area contributed by atoms with Crippen LogP contribution in [0.5, 0.6) is 5.75 Å². The van der Waals surface area contributed by atoms with Crippen molar-refractivity contribution in [2.75, 3.05) is 6.61 Å². The number of rotatable bonds is 5. The van der Waals surface area contributed by atoms with E-state index in [1.54, 1.807) is 11.3 Å². The summed E-state index contributed by atoms with van der Waals surface area (Å²) in [6.45, 7) is 4.83. The number of halogens is 1.